The van der Waals surface area contributed by atoms with Crippen molar-refractivity contribution in [2.75, 3.05) is 0 Å². The third-order valence-electron chi connectivity index (χ3n) is 3.25. The van der Waals surface area contributed by atoms with Crippen molar-refractivity contribution < 1.29 is 18.7 Å². The zero-order valence-corrected chi connectivity index (χ0v) is 14.1. The number of ether oxygens (including phenoxy) is 1. The molecule has 25 heavy (non-hydrogen) atoms. The van der Waals surface area contributed by atoms with Gasteiger partial charge in [0.1, 0.15) is 12.3 Å². The molecule has 0 aliphatic carbocycles. The highest BCUT2D eigenvalue weighted by atomic mass is 32.1. The van der Waals surface area contributed by atoms with Gasteiger partial charge in [0.05, 0.1) is 4.88 Å². The molecule has 0 amide bonds. The van der Waals surface area contributed by atoms with Gasteiger partial charge in [-0.25, -0.2) is 4.79 Å². The zero-order chi connectivity index (χ0) is 17.8. The number of nitrogens with zero attached hydrogens (tertiary/aromatic N) is 2. The number of aromatic nitrogens is 2. The van der Waals surface area contributed by atoms with Crippen LogP contribution in [0.2, 0.25) is 0 Å². The topological polar surface area (TPSA) is 91.4 Å². The number of hydrogen-bond acceptors (Lipinski definition) is 7. The van der Waals surface area contributed by atoms with Gasteiger partial charge in [0.15, 0.2) is 5.78 Å². The van der Waals surface area contributed by atoms with Crippen molar-refractivity contribution in [3.05, 3.63) is 57.9 Å². The number of rotatable bonds is 6. The fourth-order valence-electron chi connectivity index (χ4n) is 2.20. The zero-order valence-electron chi connectivity index (χ0n) is 13.3. The Balaban J connectivity index is 1.65. The quantitative estimate of drug-likeness (QED) is 0.496. The lowest BCUT2D eigenvalue weighted by Gasteiger charge is -2.03. The molecular formula is C17H14N2O5S. The maximum absolute atomic E-state index is 12.2. The summed E-state index contributed by atoms with van der Waals surface area (Å²) in [5.41, 5.74) is 0.746. The Hall–Kier alpha value is -3.00. The van der Waals surface area contributed by atoms with Crippen molar-refractivity contribution in [3.8, 4) is 16.5 Å². The van der Waals surface area contributed by atoms with Crippen LogP contribution in [0.3, 0.4) is 0 Å². The first-order chi connectivity index (χ1) is 12.0. The van der Waals surface area contributed by atoms with E-state index in [2.05, 4.69) is 5.10 Å². The summed E-state index contributed by atoms with van der Waals surface area (Å²) in [5.74, 6) is -0.637. The van der Waals surface area contributed by atoms with Crippen LogP contribution >= 0.6 is 11.3 Å². The molecule has 3 rings (SSSR count). The predicted octanol–water partition coefficient (Wildman–Crippen LogP) is 2.30. The summed E-state index contributed by atoms with van der Waals surface area (Å²) in [4.78, 5) is 35.6. The Kier molecular flexibility index (Phi) is 4.90. The first kappa shape index (κ1) is 16.8. The van der Waals surface area contributed by atoms with Crippen molar-refractivity contribution in [1.82, 2.24) is 9.78 Å². The van der Waals surface area contributed by atoms with Crippen LogP contribution in [0.15, 0.2) is 51.0 Å². The molecule has 0 aliphatic rings. The van der Waals surface area contributed by atoms with Gasteiger partial charge in [-0.1, -0.05) is 18.2 Å². The van der Waals surface area contributed by atoms with E-state index in [0.717, 1.165) is 15.1 Å². The number of hydrogen-bond donors (Lipinski definition) is 0. The van der Waals surface area contributed by atoms with E-state index in [0.29, 0.717) is 5.75 Å². The summed E-state index contributed by atoms with van der Waals surface area (Å²) in [6, 6.07) is 10.2. The standard InChI is InChI=1S/C17H14N2O5S/c1-11(20)23-14-6-4-12(5-7-14)9-13(21)10-19-17(22)24-16(18-19)15-3-2-8-25-15/h2-8H,9-10H2,1H3. The molecule has 8 heteroatoms. The Morgan fingerprint density at radius 3 is 2.64 bits per heavy atom. The lowest BCUT2D eigenvalue weighted by molar-refractivity contribution is -0.131. The molecule has 0 spiro atoms. The summed E-state index contributed by atoms with van der Waals surface area (Å²) in [5, 5.41) is 5.90. The van der Waals surface area contributed by atoms with Gasteiger partial charge >= 0.3 is 11.7 Å². The lowest BCUT2D eigenvalue weighted by Crippen LogP contribution is -2.22. The highest BCUT2D eigenvalue weighted by molar-refractivity contribution is 7.13. The first-order valence-electron chi connectivity index (χ1n) is 7.42. The maximum atomic E-state index is 12.2. The van der Waals surface area contributed by atoms with Gasteiger partial charge in [-0.05, 0) is 29.1 Å². The van der Waals surface area contributed by atoms with Crippen LogP contribution < -0.4 is 10.5 Å². The van der Waals surface area contributed by atoms with Crippen molar-refractivity contribution in [2.45, 2.75) is 19.9 Å². The number of ketones is 1. The molecule has 0 bridgehead atoms. The molecule has 2 heterocycles. The number of esters is 1. The van der Waals surface area contributed by atoms with E-state index in [-0.39, 0.29) is 24.6 Å². The fourth-order valence-corrected chi connectivity index (χ4v) is 2.84. The van der Waals surface area contributed by atoms with Gasteiger partial charge in [0, 0.05) is 13.3 Å². The van der Waals surface area contributed by atoms with Crippen molar-refractivity contribution in [2.24, 2.45) is 0 Å². The molecule has 0 N–H and O–H groups in total. The molecule has 0 saturated carbocycles. The smallest absolute Gasteiger partial charge is 0.427 e. The van der Waals surface area contributed by atoms with Crippen LogP contribution in [-0.2, 0) is 22.6 Å². The monoisotopic (exact) mass is 358 g/mol. The van der Waals surface area contributed by atoms with Gasteiger partial charge in [-0.3, -0.25) is 9.59 Å². The lowest BCUT2D eigenvalue weighted by atomic mass is 10.1. The second-order valence-corrected chi connectivity index (χ2v) is 6.21. The minimum atomic E-state index is -0.665. The minimum absolute atomic E-state index is 0.133. The molecule has 0 atom stereocenters. The number of carbonyl (C=O) groups is 2. The van der Waals surface area contributed by atoms with Crippen LogP contribution in [0.1, 0.15) is 12.5 Å². The van der Waals surface area contributed by atoms with E-state index in [4.69, 9.17) is 9.15 Å². The van der Waals surface area contributed by atoms with Gasteiger partial charge in [0.25, 0.3) is 5.89 Å². The molecule has 0 unspecified atom stereocenters. The predicted molar refractivity (Wildman–Crippen MR) is 90.5 cm³/mol. The molecule has 2 aromatic heterocycles. The molecule has 0 aliphatic heterocycles. The summed E-state index contributed by atoms with van der Waals surface area (Å²) in [6.07, 6.45) is 0.133. The van der Waals surface area contributed by atoms with Crippen LogP contribution in [0.25, 0.3) is 10.8 Å². The number of benzene rings is 1. The molecule has 128 valence electrons. The number of thiophene rings is 1. The Morgan fingerprint density at radius 1 is 1.24 bits per heavy atom. The van der Waals surface area contributed by atoms with Crippen LogP contribution in [0.5, 0.6) is 5.75 Å². The molecule has 7 nitrogen and oxygen atoms in total. The SMILES string of the molecule is CC(=O)Oc1ccc(CC(=O)Cn2nc(-c3cccs3)oc2=O)cc1. The largest absolute Gasteiger partial charge is 0.437 e. The van der Waals surface area contributed by atoms with Crippen LogP contribution in [-0.4, -0.2) is 21.5 Å². The number of carbonyl (C=O) groups excluding carboxylic acids is 2. The highest BCUT2D eigenvalue weighted by Crippen LogP contribution is 2.21. The second-order valence-electron chi connectivity index (χ2n) is 5.26. The molecule has 1 aromatic carbocycles. The van der Waals surface area contributed by atoms with E-state index in [1.807, 2.05) is 11.4 Å². The van der Waals surface area contributed by atoms with E-state index in [1.165, 1.54) is 18.3 Å². The molecule has 0 fully saturated rings. The van der Waals surface area contributed by atoms with E-state index in [1.54, 1.807) is 30.3 Å². The molecule has 0 saturated heterocycles. The third-order valence-corrected chi connectivity index (χ3v) is 4.11. The average molecular weight is 358 g/mol. The van der Waals surface area contributed by atoms with Crippen molar-refractivity contribution >= 4 is 23.1 Å². The fraction of sp³-hybridized carbons (Fsp3) is 0.176. The van der Waals surface area contributed by atoms with Crippen LogP contribution in [0, 0.1) is 0 Å². The summed E-state index contributed by atoms with van der Waals surface area (Å²) >= 11 is 1.40. The van der Waals surface area contributed by atoms with Gasteiger partial charge in [0.2, 0.25) is 0 Å². The van der Waals surface area contributed by atoms with E-state index >= 15 is 0 Å². The van der Waals surface area contributed by atoms with Gasteiger partial charge in [-0.15, -0.1) is 16.4 Å². The maximum Gasteiger partial charge on any atom is 0.437 e. The van der Waals surface area contributed by atoms with Gasteiger partial charge in [-0.2, -0.15) is 4.68 Å². The Labute approximate surface area is 146 Å². The van der Waals surface area contributed by atoms with E-state index in [9.17, 15) is 14.4 Å². The third kappa shape index (κ3) is 4.30. The average Bonchev–Trinajstić information content (AvgIpc) is 3.19. The second kappa shape index (κ2) is 7.27. The summed E-state index contributed by atoms with van der Waals surface area (Å²) in [7, 11) is 0. The summed E-state index contributed by atoms with van der Waals surface area (Å²) in [6.45, 7) is 1.15. The molecular weight excluding hydrogens is 344 g/mol. The minimum Gasteiger partial charge on any atom is -0.427 e. The first-order valence-corrected chi connectivity index (χ1v) is 8.30. The van der Waals surface area contributed by atoms with Crippen molar-refractivity contribution in [3.63, 3.8) is 0 Å². The van der Waals surface area contributed by atoms with Crippen molar-refractivity contribution in [1.29, 1.82) is 0 Å². The molecule has 0 radical (unpaired) electrons. The summed E-state index contributed by atoms with van der Waals surface area (Å²) < 4.78 is 11.0. The Morgan fingerprint density at radius 2 is 2.00 bits per heavy atom. The highest BCUT2D eigenvalue weighted by Gasteiger charge is 2.14. The molecule has 3 aromatic rings. The Bertz CT molecular complexity index is 938. The normalized spacial score (nSPS) is 10.6. The number of Topliss-reactive ketones (excluding diaryl/α,β-unsaturated/α-hetero) is 1. The van der Waals surface area contributed by atoms with Gasteiger partial charge < -0.3 is 9.15 Å². The van der Waals surface area contributed by atoms with Crippen LogP contribution in [0.4, 0.5) is 0 Å². The van der Waals surface area contributed by atoms with E-state index < -0.39 is 11.7 Å².